The third kappa shape index (κ3) is 5.22. The molecule has 1 aliphatic carbocycles. The van der Waals surface area contributed by atoms with Gasteiger partial charge in [0.05, 0.1) is 15.5 Å². The number of anilines is 2. The molecule has 0 fully saturated rings. The molecule has 1 atom stereocenters. The molecule has 2 heterocycles. The van der Waals surface area contributed by atoms with Crippen LogP contribution in [0.15, 0.2) is 35.4 Å². The van der Waals surface area contributed by atoms with Crippen LogP contribution in [-0.2, 0) is 29.0 Å². The van der Waals surface area contributed by atoms with E-state index in [9.17, 15) is 21.6 Å². The van der Waals surface area contributed by atoms with Gasteiger partial charge in [0.15, 0.2) is 0 Å². The topological polar surface area (TPSA) is 96.9 Å². The van der Waals surface area contributed by atoms with E-state index in [0.717, 1.165) is 28.4 Å². The SMILES string of the molecule is CC(C)c1nnc(NS(=O)(=O)c2ccc3c(c2)CC(Nc2ncc(C(F)(F)F)cc2Cl)C3)s1. The van der Waals surface area contributed by atoms with Gasteiger partial charge in [-0.25, -0.2) is 13.4 Å². The summed E-state index contributed by atoms with van der Waals surface area (Å²) in [6.45, 7) is 3.88. The van der Waals surface area contributed by atoms with E-state index in [-0.39, 0.29) is 32.8 Å². The monoisotopic (exact) mass is 517 g/mol. The van der Waals surface area contributed by atoms with E-state index in [1.54, 1.807) is 12.1 Å². The van der Waals surface area contributed by atoms with Gasteiger partial charge in [0.2, 0.25) is 5.13 Å². The van der Waals surface area contributed by atoms with E-state index in [1.807, 2.05) is 13.8 Å². The van der Waals surface area contributed by atoms with Gasteiger partial charge < -0.3 is 5.32 Å². The third-order valence-electron chi connectivity index (χ3n) is 5.09. The van der Waals surface area contributed by atoms with Crippen molar-refractivity contribution in [2.75, 3.05) is 10.0 Å². The molecular weight excluding hydrogens is 499 g/mol. The number of sulfonamides is 1. The normalized spacial score (nSPS) is 16.2. The summed E-state index contributed by atoms with van der Waals surface area (Å²) in [5.74, 6) is 0.284. The fraction of sp³-hybridized carbons (Fsp3) is 0.350. The Balaban J connectivity index is 1.47. The summed E-state index contributed by atoms with van der Waals surface area (Å²) in [7, 11) is -3.85. The van der Waals surface area contributed by atoms with Crippen molar-refractivity contribution >= 4 is 43.9 Å². The molecule has 0 amide bonds. The van der Waals surface area contributed by atoms with E-state index in [4.69, 9.17) is 11.6 Å². The van der Waals surface area contributed by atoms with Crippen LogP contribution in [0.25, 0.3) is 0 Å². The van der Waals surface area contributed by atoms with Crippen LogP contribution < -0.4 is 10.0 Å². The first-order chi connectivity index (χ1) is 15.4. The number of rotatable bonds is 6. The van der Waals surface area contributed by atoms with Crippen LogP contribution in [0.2, 0.25) is 5.02 Å². The highest BCUT2D eigenvalue weighted by Crippen LogP contribution is 2.34. The van der Waals surface area contributed by atoms with E-state index >= 15 is 0 Å². The lowest BCUT2D eigenvalue weighted by atomic mass is 10.1. The number of fused-ring (bicyclic) bond motifs is 1. The largest absolute Gasteiger partial charge is 0.417 e. The molecule has 33 heavy (non-hydrogen) atoms. The Kier molecular flexibility index (Phi) is 6.27. The molecular formula is C20H19ClF3N5O2S2. The number of benzene rings is 1. The molecule has 0 bridgehead atoms. The summed E-state index contributed by atoms with van der Waals surface area (Å²) in [6.07, 6.45) is -2.78. The van der Waals surface area contributed by atoms with Gasteiger partial charge in [0.25, 0.3) is 10.0 Å². The third-order valence-corrected chi connectivity index (χ3v) is 7.98. The van der Waals surface area contributed by atoms with Gasteiger partial charge in [-0.2, -0.15) is 13.2 Å². The van der Waals surface area contributed by atoms with E-state index in [1.165, 1.54) is 17.4 Å². The minimum absolute atomic E-state index is 0.0916. The molecule has 3 aromatic rings. The molecule has 2 aromatic heterocycles. The van der Waals surface area contributed by atoms with Crippen LogP contribution in [0.1, 0.15) is 41.5 Å². The molecule has 1 unspecified atom stereocenters. The zero-order valence-electron chi connectivity index (χ0n) is 17.4. The van der Waals surface area contributed by atoms with Crippen LogP contribution >= 0.6 is 22.9 Å². The van der Waals surface area contributed by atoms with Crippen molar-refractivity contribution in [3.05, 3.63) is 57.2 Å². The molecule has 2 N–H and O–H groups in total. The fourth-order valence-corrected chi connectivity index (χ4v) is 5.69. The van der Waals surface area contributed by atoms with Crippen molar-refractivity contribution in [1.29, 1.82) is 0 Å². The molecule has 0 radical (unpaired) electrons. The van der Waals surface area contributed by atoms with Gasteiger partial charge in [0.1, 0.15) is 10.8 Å². The van der Waals surface area contributed by atoms with E-state index < -0.39 is 21.8 Å². The molecule has 0 saturated heterocycles. The van der Waals surface area contributed by atoms with E-state index in [0.29, 0.717) is 12.8 Å². The minimum atomic E-state index is -4.53. The van der Waals surface area contributed by atoms with Crippen LogP contribution in [0.4, 0.5) is 24.1 Å². The van der Waals surface area contributed by atoms with Crippen molar-refractivity contribution < 1.29 is 21.6 Å². The first kappa shape index (κ1) is 23.7. The van der Waals surface area contributed by atoms with Crippen molar-refractivity contribution in [3.8, 4) is 0 Å². The van der Waals surface area contributed by atoms with Crippen LogP contribution in [0, 0.1) is 0 Å². The van der Waals surface area contributed by atoms with Gasteiger partial charge in [0, 0.05) is 18.2 Å². The second-order valence-corrected chi connectivity index (χ2v) is 11.0. The summed E-state index contributed by atoms with van der Waals surface area (Å²) in [4.78, 5) is 3.90. The first-order valence-electron chi connectivity index (χ1n) is 9.89. The Bertz CT molecular complexity index is 1300. The van der Waals surface area contributed by atoms with Crippen molar-refractivity contribution in [2.45, 2.75) is 49.7 Å². The van der Waals surface area contributed by atoms with Gasteiger partial charge in [-0.15, -0.1) is 10.2 Å². The standard InChI is InChI=1S/C20H19ClF3N5O2S2/c1-10(2)18-27-28-19(32-18)29-33(30,31)15-4-3-11-5-14(6-12(11)7-15)26-17-16(21)8-13(9-25-17)20(22,23)24/h3-4,7-10,14H,5-6H2,1-2H3,(H,25,26)(H,28,29). The Hall–Kier alpha value is -2.44. The summed E-state index contributed by atoms with van der Waals surface area (Å²) < 4.78 is 66.5. The molecule has 13 heteroatoms. The zero-order valence-corrected chi connectivity index (χ0v) is 19.8. The highest BCUT2D eigenvalue weighted by molar-refractivity contribution is 7.93. The first-order valence-corrected chi connectivity index (χ1v) is 12.6. The predicted molar refractivity (Wildman–Crippen MR) is 120 cm³/mol. The van der Waals surface area contributed by atoms with Crippen molar-refractivity contribution in [2.24, 2.45) is 0 Å². The maximum absolute atomic E-state index is 12.8. The predicted octanol–water partition coefficient (Wildman–Crippen LogP) is 5.11. The summed E-state index contributed by atoms with van der Waals surface area (Å²) in [5, 5.41) is 11.7. The number of halogens is 4. The lowest BCUT2D eigenvalue weighted by molar-refractivity contribution is -0.137. The highest BCUT2D eigenvalue weighted by Gasteiger charge is 2.32. The Morgan fingerprint density at radius 1 is 1.15 bits per heavy atom. The van der Waals surface area contributed by atoms with Crippen molar-refractivity contribution in [3.63, 3.8) is 0 Å². The molecule has 0 aliphatic heterocycles. The van der Waals surface area contributed by atoms with Crippen LogP contribution in [0.3, 0.4) is 0 Å². The highest BCUT2D eigenvalue weighted by atomic mass is 35.5. The molecule has 0 spiro atoms. The number of aromatic nitrogens is 3. The number of alkyl halides is 3. The molecule has 0 saturated carbocycles. The van der Waals surface area contributed by atoms with Gasteiger partial charge in [-0.05, 0) is 42.2 Å². The Morgan fingerprint density at radius 3 is 2.52 bits per heavy atom. The average Bonchev–Trinajstić information content (AvgIpc) is 3.34. The van der Waals surface area contributed by atoms with Gasteiger partial charge >= 0.3 is 6.18 Å². The lowest BCUT2D eigenvalue weighted by Gasteiger charge is -2.15. The molecule has 4 rings (SSSR count). The van der Waals surface area contributed by atoms with Gasteiger partial charge in [-0.3, -0.25) is 4.72 Å². The summed E-state index contributed by atoms with van der Waals surface area (Å²) in [6, 6.07) is 5.47. The number of hydrogen-bond acceptors (Lipinski definition) is 7. The second-order valence-electron chi connectivity index (χ2n) is 7.94. The fourth-order valence-electron chi connectivity index (χ4n) is 3.44. The average molecular weight is 518 g/mol. The molecule has 1 aromatic carbocycles. The molecule has 7 nitrogen and oxygen atoms in total. The molecule has 176 valence electrons. The lowest BCUT2D eigenvalue weighted by Crippen LogP contribution is -2.20. The minimum Gasteiger partial charge on any atom is -0.365 e. The van der Waals surface area contributed by atoms with E-state index in [2.05, 4.69) is 25.2 Å². The summed E-state index contributed by atoms with van der Waals surface area (Å²) >= 11 is 7.17. The van der Waals surface area contributed by atoms with Crippen LogP contribution in [0.5, 0.6) is 0 Å². The van der Waals surface area contributed by atoms with Gasteiger partial charge in [-0.1, -0.05) is 42.9 Å². The maximum Gasteiger partial charge on any atom is 0.417 e. The second kappa shape index (κ2) is 8.73. The summed E-state index contributed by atoms with van der Waals surface area (Å²) in [5.41, 5.74) is 0.831. The molecule has 1 aliphatic rings. The van der Waals surface area contributed by atoms with Crippen LogP contribution in [-0.4, -0.2) is 29.6 Å². The smallest absolute Gasteiger partial charge is 0.365 e. The van der Waals surface area contributed by atoms with Crippen molar-refractivity contribution in [1.82, 2.24) is 15.2 Å². The maximum atomic E-state index is 12.8. The number of pyridine rings is 1. The number of hydrogen-bond donors (Lipinski definition) is 2. The Morgan fingerprint density at radius 2 is 1.88 bits per heavy atom. The number of nitrogens with one attached hydrogen (secondary N) is 2. The number of nitrogens with zero attached hydrogens (tertiary/aromatic N) is 3. The Labute approximate surface area is 197 Å². The quantitative estimate of drug-likeness (QED) is 0.471. The zero-order chi connectivity index (χ0) is 24.0.